The lowest BCUT2D eigenvalue weighted by Gasteiger charge is -2.39. The van der Waals surface area contributed by atoms with E-state index in [-0.39, 0.29) is 0 Å². The summed E-state index contributed by atoms with van der Waals surface area (Å²) in [4.78, 5) is 0. The van der Waals surface area contributed by atoms with E-state index in [9.17, 15) is 0 Å². The Bertz CT molecular complexity index is 532. The fraction of sp³-hybridized carbons (Fsp3) is 0.684. The Morgan fingerprint density at radius 1 is 1.09 bits per heavy atom. The van der Waals surface area contributed by atoms with Gasteiger partial charge in [0.05, 0.1) is 14.2 Å². The van der Waals surface area contributed by atoms with E-state index in [2.05, 4.69) is 38.2 Å². The molecule has 1 aromatic carbocycles. The molecule has 0 unspecified atom stereocenters. The standard InChI is InChI=1S/C19H29NO2/c1-18(2)14-6-7-19(18,3)17(10-14)20-12-13-8-15(21-4)11-16(9-13)22-5/h8-9,11,14,17,20H,6-7,10,12H2,1-5H3/t14-,17+,19-/m0/s1. The Labute approximate surface area is 134 Å². The number of nitrogens with one attached hydrogen (secondary N) is 1. The molecule has 0 heterocycles. The summed E-state index contributed by atoms with van der Waals surface area (Å²) in [7, 11) is 3.40. The fourth-order valence-corrected chi connectivity index (χ4v) is 4.72. The summed E-state index contributed by atoms with van der Waals surface area (Å²) in [6.07, 6.45) is 4.06. The normalized spacial score (nSPS) is 32.2. The minimum absolute atomic E-state index is 0.417. The maximum Gasteiger partial charge on any atom is 0.122 e. The van der Waals surface area contributed by atoms with Crippen LogP contribution in [-0.2, 0) is 6.54 Å². The molecule has 2 bridgehead atoms. The van der Waals surface area contributed by atoms with Crippen molar-refractivity contribution in [2.24, 2.45) is 16.7 Å². The van der Waals surface area contributed by atoms with E-state index >= 15 is 0 Å². The Morgan fingerprint density at radius 3 is 2.18 bits per heavy atom. The topological polar surface area (TPSA) is 30.5 Å². The van der Waals surface area contributed by atoms with Crippen molar-refractivity contribution >= 4 is 0 Å². The van der Waals surface area contributed by atoms with Crippen LogP contribution in [0.3, 0.4) is 0 Å². The second kappa shape index (κ2) is 5.45. The third kappa shape index (κ3) is 2.30. The molecule has 0 aromatic heterocycles. The molecule has 122 valence electrons. The molecule has 2 aliphatic carbocycles. The fourth-order valence-electron chi connectivity index (χ4n) is 4.72. The zero-order valence-electron chi connectivity index (χ0n) is 14.5. The highest BCUT2D eigenvalue weighted by Gasteiger charge is 2.60. The van der Waals surface area contributed by atoms with Crippen LogP contribution >= 0.6 is 0 Å². The number of ether oxygens (including phenoxy) is 2. The van der Waals surface area contributed by atoms with Gasteiger partial charge in [-0.3, -0.25) is 0 Å². The summed E-state index contributed by atoms with van der Waals surface area (Å²) in [6, 6.07) is 6.72. The van der Waals surface area contributed by atoms with Crippen LogP contribution in [0.5, 0.6) is 11.5 Å². The van der Waals surface area contributed by atoms with Gasteiger partial charge >= 0.3 is 0 Å². The zero-order valence-corrected chi connectivity index (χ0v) is 14.5. The van der Waals surface area contributed by atoms with Crippen molar-refractivity contribution in [1.29, 1.82) is 0 Å². The second-order valence-electron chi connectivity index (χ2n) is 7.76. The molecule has 2 aliphatic rings. The third-order valence-electron chi connectivity index (χ3n) is 6.76. The van der Waals surface area contributed by atoms with Crippen LogP contribution in [0.15, 0.2) is 18.2 Å². The summed E-state index contributed by atoms with van der Waals surface area (Å²) in [6.45, 7) is 8.27. The smallest absolute Gasteiger partial charge is 0.122 e. The minimum Gasteiger partial charge on any atom is -0.497 e. The lowest BCUT2D eigenvalue weighted by atomic mass is 9.69. The molecule has 1 aromatic rings. The molecule has 3 heteroatoms. The highest BCUT2D eigenvalue weighted by molar-refractivity contribution is 5.38. The molecule has 2 saturated carbocycles. The monoisotopic (exact) mass is 303 g/mol. The van der Waals surface area contributed by atoms with E-state index in [1.165, 1.54) is 24.8 Å². The lowest BCUT2D eigenvalue weighted by Crippen LogP contribution is -2.44. The van der Waals surface area contributed by atoms with Gasteiger partial charge < -0.3 is 14.8 Å². The molecule has 0 amide bonds. The number of hydrogen-bond acceptors (Lipinski definition) is 3. The van der Waals surface area contributed by atoms with E-state index in [1.807, 2.05) is 6.07 Å². The van der Waals surface area contributed by atoms with Crippen LogP contribution < -0.4 is 14.8 Å². The molecule has 22 heavy (non-hydrogen) atoms. The summed E-state index contributed by atoms with van der Waals surface area (Å²) in [5.41, 5.74) is 2.09. The Balaban J connectivity index is 1.71. The number of benzene rings is 1. The van der Waals surface area contributed by atoms with Gasteiger partial charge in [0.15, 0.2) is 0 Å². The van der Waals surface area contributed by atoms with Gasteiger partial charge in [-0.2, -0.15) is 0 Å². The minimum atomic E-state index is 0.417. The first kappa shape index (κ1) is 15.7. The van der Waals surface area contributed by atoms with Gasteiger partial charge in [-0.15, -0.1) is 0 Å². The van der Waals surface area contributed by atoms with Crippen LogP contribution in [0.4, 0.5) is 0 Å². The Morgan fingerprint density at radius 2 is 1.73 bits per heavy atom. The van der Waals surface area contributed by atoms with Gasteiger partial charge in [-0.05, 0) is 53.7 Å². The van der Waals surface area contributed by atoms with Crippen LogP contribution in [0.1, 0.15) is 45.6 Å². The average Bonchev–Trinajstić information content (AvgIpc) is 2.85. The third-order valence-corrected chi connectivity index (χ3v) is 6.76. The molecule has 2 fully saturated rings. The van der Waals surface area contributed by atoms with Crippen molar-refractivity contribution in [1.82, 2.24) is 5.32 Å². The predicted molar refractivity (Wildman–Crippen MR) is 89.4 cm³/mol. The maximum absolute atomic E-state index is 5.36. The van der Waals surface area contributed by atoms with Gasteiger partial charge in [0.1, 0.15) is 11.5 Å². The quantitative estimate of drug-likeness (QED) is 0.891. The van der Waals surface area contributed by atoms with Gasteiger partial charge in [0.25, 0.3) is 0 Å². The molecule has 0 radical (unpaired) electrons. The van der Waals surface area contributed by atoms with E-state index in [1.54, 1.807) is 14.2 Å². The Hall–Kier alpha value is -1.22. The van der Waals surface area contributed by atoms with Crippen LogP contribution in [0.25, 0.3) is 0 Å². The van der Waals surface area contributed by atoms with Crippen LogP contribution in [0.2, 0.25) is 0 Å². The Kier molecular flexibility index (Phi) is 3.88. The maximum atomic E-state index is 5.36. The molecular weight excluding hydrogens is 274 g/mol. The summed E-state index contributed by atoms with van der Waals surface area (Å²) in [5, 5.41) is 3.82. The molecular formula is C19H29NO2. The summed E-state index contributed by atoms with van der Waals surface area (Å²) < 4.78 is 10.7. The highest BCUT2D eigenvalue weighted by Crippen LogP contribution is 2.65. The molecule has 0 saturated heterocycles. The SMILES string of the molecule is COc1cc(CN[C@@H]2C[C@@H]3CC[C@]2(C)C3(C)C)cc(OC)c1. The summed E-state index contributed by atoms with van der Waals surface area (Å²) in [5.74, 6) is 2.58. The predicted octanol–water partition coefficient (Wildman–Crippen LogP) is 4.01. The zero-order chi connectivity index (χ0) is 16.0. The molecule has 3 rings (SSSR count). The van der Waals surface area contributed by atoms with Crippen molar-refractivity contribution < 1.29 is 9.47 Å². The summed E-state index contributed by atoms with van der Waals surface area (Å²) >= 11 is 0. The van der Waals surface area contributed by atoms with Crippen molar-refractivity contribution in [2.45, 2.75) is 52.6 Å². The van der Waals surface area contributed by atoms with Crippen LogP contribution in [-0.4, -0.2) is 20.3 Å². The number of hydrogen-bond donors (Lipinski definition) is 1. The van der Waals surface area contributed by atoms with E-state index in [4.69, 9.17) is 9.47 Å². The van der Waals surface area contributed by atoms with E-state index < -0.39 is 0 Å². The first-order valence-corrected chi connectivity index (χ1v) is 8.36. The first-order chi connectivity index (χ1) is 10.4. The van der Waals surface area contributed by atoms with Crippen molar-refractivity contribution in [3.63, 3.8) is 0 Å². The van der Waals surface area contributed by atoms with Crippen LogP contribution in [0, 0.1) is 16.7 Å². The molecule has 3 atom stereocenters. The number of methoxy groups -OCH3 is 2. The van der Waals surface area contributed by atoms with Gasteiger partial charge in [-0.1, -0.05) is 20.8 Å². The van der Waals surface area contributed by atoms with Gasteiger partial charge in [-0.25, -0.2) is 0 Å². The molecule has 3 nitrogen and oxygen atoms in total. The van der Waals surface area contributed by atoms with E-state index in [0.29, 0.717) is 16.9 Å². The van der Waals surface area contributed by atoms with Crippen molar-refractivity contribution in [3.05, 3.63) is 23.8 Å². The molecule has 0 aliphatic heterocycles. The number of fused-ring (bicyclic) bond motifs is 2. The first-order valence-electron chi connectivity index (χ1n) is 8.36. The average molecular weight is 303 g/mol. The van der Waals surface area contributed by atoms with E-state index in [0.717, 1.165) is 24.0 Å². The largest absolute Gasteiger partial charge is 0.497 e. The van der Waals surface area contributed by atoms with Crippen molar-refractivity contribution in [3.8, 4) is 11.5 Å². The van der Waals surface area contributed by atoms with Gasteiger partial charge in [0, 0.05) is 18.7 Å². The lowest BCUT2D eigenvalue weighted by molar-refractivity contribution is 0.120. The molecule has 1 N–H and O–H groups in total. The molecule has 0 spiro atoms. The highest BCUT2D eigenvalue weighted by atomic mass is 16.5. The van der Waals surface area contributed by atoms with Crippen molar-refractivity contribution in [2.75, 3.05) is 14.2 Å². The number of rotatable bonds is 5. The second-order valence-corrected chi connectivity index (χ2v) is 7.76. The van der Waals surface area contributed by atoms with Gasteiger partial charge in [0.2, 0.25) is 0 Å².